The first-order valence-corrected chi connectivity index (χ1v) is 7.10. The van der Waals surface area contributed by atoms with E-state index in [4.69, 9.17) is 18.9 Å². The van der Waals surface area contributed by atoms with E-state index in [0.29, 0.717) is 19.8 Å². The Labute approximate surface area is 120 Å². The summed E-state index contributed by atoms with van der Waals surface area (Å²) in [5, 5.41) is 2.79. The maximum absolute atomic E-state index is 11.2. The number of ether oxygens (including phenoxy) is 4. The Morgan fingerprint density at radius 3 is 2.74 bits per heavy atom. The standard InChI is InChI=1S/C11H18BrNO6/c12-5-9(14)6-17-3-4-18-11(15)13-1-2-16-7-10-8-19-10/h10H,1-8H2,(H,13,15). The molecule has 110 valence electrons. The van der Waals surface area contributed by atoms with Gasteiger partial charge in [0.15, 0.2) is 5.78 Å². The molecule has 1 fully saturated rings. The maximum Gasteiger partial charge on any atom is 0.407 e. The second kappa shape index (κ2) is 10.1. The molecule has 7 nitrogen and oxygen atoms in total. The van der Waals surface area contributed by atoms with Gasteiger partial charge in [0, 0.05) is 6.54 Å². The fourth-order valence-electron chi connectivity index (χ4n) is 1.07. The van der Waals surface area contributed by atoms with Crippen molar-refractivity contribution in [3.8, 4) is 0 Å². The summed E-state index contributed by atoms with van der Waals surface area (Å²) in [6, 6.07) is 0. The number of alkyl carbamates (subject to hydrolysis) is 1. The van der Waals surface area contributed by atoms with Crippen LogP contribution in [-0.2, 0) is 23.7 Å². The van der Waals surface area contributed by atoms with Crippen LogP contribution in [0.15, 0.2) is 0 Å². The topological polar surface area (TPSA) is 86.4 Å². The van der Waals surface area contributed by atoms with Gasteiger partial charge in [-0.05, 0) is 0 Å². The molecule has 0 spiro atoms. The molecule has 1 aliphatic heterocycles. The highest BCUT2D eigenvalue weighted by Gasteiger charge is 2.21. The normalized spacial score (nSPS) is 17.0. The summed E-state index contributed by atoms with van der Waals surface area (Å²) in [5.41, 5.74) is 0. The third-order valence-corrected chi connectivity index (χ3v) is 2.72. The first-order chi connectivity index (χ1) is 9.22. The van der Waals surface area contributed by atoms with Crippen molar-refractivity contribution in [2.45, 2.75) is 6.10 Å². The van der Waals surface area contributed by atoms with Crippen LogP contribution in [0.2, 0.25) is 0 Å². The van der Waals surface area contributed by atoms with Crippen molar-refractivity contribution in [1.82, 2.24) is 5.32 Å². The van der Waals surface area contributed by atoms with Gasteiger partial charge in [0.1, 0.15) is 19.3 Å². The Balaban J connectivity index is 1.80. The van der Waals surface area contributed by atoms with Gasteiger partial charge in [-0.15, -0.1) is 0 Å². The molecular weight excluding hydrogens is 322 g/mol. The predicted octanol–water partition coefficient (Wildman–Crippen LogP) is 0.109. The van der Waals surface area contributed by atoms with E-state index in [0.717, 1.165) is 6.61 Å². The highest BCUT2D eigenvalue weighted by atomic mass is 79.9. The zero-order valence-corrected chi connectivity index (χ0v) is 12.1. The molecule has 0 aromatic rings. The molecule has 1 unspecified atom stereocenters. The van der Waals surface area contributed by atoms with Crippen LogP contribution in [0.3, 0.4) is 0 Å². The zero-order chi connectivity index (χ0) is 13.9. The van der Waals surface area contributed by atoms with Gasteiger partial charge in [0.25, 0.3) is 0 Å². The van der Waals surface area contributed by atoms with E-state index >= 15 is 0 Å². The summed E-state index contributed by atoms with van der Waals surface area (Å²) < 4.78 is 20.0. The van der Waals surface area contributed by atoms with Crippen LogP contribution >= 0.6 is 15.9 Å². The van der Waals surface area contributed by atoms with E-state index < -0.39 is 6.09 Å². The summed E-state index contributed by atoms with van der Waals surface area (Å²) in [6.45, 7) is 2.45. The Morgan fingerprint density at radius 1 is 1.26 bits per heavy atom. The molecule has 0 aromatic heterocycles. The van der Waals surface area contributed by atoms with Gasteiger partial charge in [-0.25, -0.2) is 4.79 Å². The highest BCUT2D eigenvalue weighted by Crippen LogP contribution is 2.07. The van der Waals surface area contributed by atoms with Crippen LogP contribution in [0.1, 0.15) is 0 Å². The number of amides is 1. The van der Waals surface area contributed by atoms with Crippen LogP contribution in [-0.4, -0.2) is 69.5 Å². The summed E-state index contributed by atoms with van der Waals surface area (Å²) in [4.78, 5) is 22.0. The minimum Gasteiger partial charge on any atom is -0.447 e. The third kappa shape index (κ3) is 9.83. The Bertz CT molecular complexity index is 284. The first-order valence-electron chi connectivity index (χ1n) is 5.97. The monoisotopic (exact) mass is 339 g/mol. The predicted molar refractivity (Wildman–Crippen MR) is 69.5 cm³/mol. The van der Waals surface area contributed by atoms with Gasteiger partial charge >= 0.3 is 6.09 Å². The van der Waals surface area contributed by atoms with Gasteiger partial charge in [0.2, 0.25) is 0 Å². The number of hydrogen-bond acceptors (Lipinski definition) is 6. The third-order valence-electron chi connectivity index (χ3n) is 2.09. The second-order valence-corrected chi connectivity index (χ2v) is 4.38. The molecule has 1 aliphatic rings. The number of nitrogens with one attached hydrogen (secondary N) is 1. The number of carbonyl (C=O) groups excluding carboxylic acids is 2. The number of rotatable bonds is 11. The summed E-state index contributed by atoms with van der Waals surface area (Å²) in [7, 11) is 0. The number of carbonyl (C=O) groups is 2. The van der Waals surface area contributed by atoms with Crippen molar-refractivity contribution >= 4 is 27.8 Å². The molecule has 1 heterocycles. The maximum atomic E-state index is 11.2. The Kier molecular flexibility index (Phi) is 8.72. The van der Waals surface area contributed by atoms with Gasteiger partial charge in [0.05, 0.1) is 31.8 Å². The largest absolute Gasteiger partial charge is 0.447 e. The number of ketones is 1. The molecule has 0 saturated carbocycles. The summed E-state index contributed by atoms with van der Waals surface area (Å²) in [6.07, 6.45) is -0.298. The SMILES string of the molecule is O=C(CBr)COCCOC(=O)NCCOCC1CO1. The molecule has 1 saturated heterocycles. The fraction of sp³-hybridized carbons (Fsp3) is 0.818. The van der Waals surface area contributed by atoms with Crippen LogP contribution < -0.4 is 5.32 Å². The quantitative estimate of drug-likeness (QED) is 0.326. The lowest BCUT2D eigenvalue weighted by Gasteiger charge is -2.07. The van der Waals surface area contributed by atoms with Crippen molar-refractivity contribution in [1.29, 1.82) is 0 Å². The van der Waals surface area contributed by atoms with Crippen LogP contribution in [0.5, 0.6) is 0 Å². The molecule has 19 heavy (non-hydrogen) atoms. The average molecular weight is 340 g/mol. The fourth-order valence-corrected chi connectivity index (χ4v) is 1.24. The average Bonchev–Trinajstić information content (AvgIpc) is 3.21. The lowest BCUT2D eigenvalue weighted by molar-refractivity contribution is -0.121. The minimum atomic E-state index is -0.526. The van der Waals surface area contributed by atoms with Crippen molar-refractivity contribution in [2.24, 2.45) is 0 Å². The molecule has 0 radical (unpaired) electrons. The molecule has 0 bridgehead atoms. The minimum absolute atomic E-state index is 0.0211. The van der Waals surface area contributed by atoms with Crippen LogP contribution in [0.25, 0.3) is 0 Å². The first kappa shape index (κ1) is 16.4. The number of alkyl halides is 1. The van der Waals surface area contributed by atoms with E-state index in [2.05, 4.69) is 21.2 Å². The number of Topliss-reactive ketones (excluding diaryl/α,β-unsaturated/α-hetero) is 1. The molecule has 8 heteroatoms. The lowest BCUT2D eigenvalue weighted by Crippen LogP contribution is -2.29. The van der Waals surface area contributed by atoms with Crippen molar-refractivity contribution in [2.75, 3.05) is 51.5 Å². The molecule has 0 aromatic carbocycles. The number of hydrogen-bond donors (Lipinski definition) is 1. The highest BCUT2D eigenvalue weighted by molar-refractivity contribution is 9.09. The summed E-state index contributed by atoms with van der Waals surface area (Å²) in [5.74, 6) is -0.0544. The van der Waals surface area contributed by atoms with Gasteiger partial charge < -0.3 is 24.3 Å². The van der Waals surface area contributed by atoms with E-state index in [-0.39, 0.29) is 37.0 Å². The van der Waals surface area contributed by atoms with E-state index in [1.807, 2.05) is 0 Å². The van der Waals surface area contributed by atoms with Gasteiger partial charge in [-0.1, -0.05) is 15.9 Å². The number of epoxide rings is 1. The van der Waals surface area contributed by atoms with E-state index in [9.17, 15) is 9.59 Å². The van der Waals surface area contributed by atoms with Crippen molar-refractivity contribution in [3.63, 3.8) is 0 Å². The second-order valence-electron chi connectivity index (χ2n) is 3.82. The molecule has 1 amide bonds. The van der Waals surface area contributed by atoms with Crippen LogP contribution in [0, 0.1) is 0 Å². The lowest BCUT2D eigenvalue weighted by atomic mass is 10.5. The van der Waals surface area contributed by atoms with E-state index in [1.165, 1.54) is 0 Å². The molecule has 1 atom stereocenters. The molecule has 1 N–H and O–H groups in total. The molecule has 0 aliphatic carbocycles. The number of halogens is 1. The Hall–Kier alpha value is -0.700. The van der Waals surface area contributed by atoms with Crippen molar-refractivity contribution in [3.05, 3.63) is 0 Å². The smallest absolute Gasteiger partial charge is 0.407 e. The van der Waals surface area contributed by atoms with Crippen LogP contribution in [0.4, 0.5) is 4.79 Å². The van der Waals surface area contributed by atoms with Gasteiger partial charge in [-0.2, -0.15) is 0 Å². The van der Waals surface area contributed by atoms with Crippen molar-refractivity contribution < 1.29 is 28.5 Å². The van der Waals surface area contributed by atoms with E-state index in [1.54, 1.807) is 0 Å². The summed E-state index contributed by atoms with van der Waals surface area (Å²) >= 11 is 3.02. The Morgan fingerprint density at radius 2 is 2.05 bits per heavy atom. The zero-order valence-electron chi connectivity index (χ0n) is 10.6. The molecule has 1 rings (SSSR count). The van der Waals surface area contributed by atoms with Gasteiger partial charge in [-0.3, -0.25) is 4.79 Å². The molecular formula is C11H18BrNO6.